The molecule has 0 bridgehead atoms. The number of hydrogen-bond acceptors (Lipinski definition) is 5. The van der Waals surface area contributed by atoms with Crippen molar-refractivity contribution in [3.8, 4) is 0 Å². The molecular formula is C16H20BrN5OS. The molecule has 6 nitrogen and oxygen atoms in total. The molecule has 24 heavy (non-hydrogen) atoms. The molecule has 0 aliphatic heterocycles. The van der Waals surface area contributed by atoms with Crippen LogP contribution in [0, 0.1) is 0 Å². The monoisotopic (exact) mass is 409 g/mol. The van der Waals surface area contributed by atoms with Gasteiger partial charge in [-0.2, -0.15) is 0 Å². The van der Waals surface area contributed by atoms with Crippen molar-refractivity contribution in [1.82, 2.24) is 14.9 Å². The molecule has 8 heteroatoms. The van der Waals surface area contributed by atoms with Gasteiger partial charge < -0.3 is 11.2 Å². The van der Waals surface area contributed by atoms with Crippen LogP contribution in [0.2, 0.25) is 0 Å². The van der Waals surface area contributed by atoms with Crippen molar-refractivity contribution < 1.29 is 4.79 Å². The normalized spacial score (nSPS) is 15.4. The zero-order valence-electron chi connectivity index (χ0n) is 13.2. The number of nitrogens with one attached hydrogen (secondary N) is 1. The van der Waals surface area contributed by atoms with Crippen molar-refractivity contribution in [2.45, 2.75) is 43.2 Å². The molecule has 0 unspecified atom stereocenters. The molecule has 1 amide bonds. The molecule has 3 N–H and O–H groups in total. The van der Waals surface area contributed by atoms with Gasteiger partial charge in [0.1, 0.15) is 0 Å². The molecule has 128 valence electrons. The number of carbonyl (C=O) groups excluding carboxylic acids is 1. The molecule has 0 saturated heterocycles. The number of aromatic nitrogens is 3. The molecule has 0 radical (unpaired) electrons. The van der Waals surface area contributed by atoms with Crippen molar-refractivity contribution in [3.63, 3.8) is 0 Å². The molecule has 1 aromatic heterocycles. The summed E-state index contributed by atoms with van der Waals surface area (Å²) in [7, 11) is 0. The van der Waals surface area contributed by atoms with E-state index in [1.807, 2.05) is 24.3 Å². The highest BCUT2D eigenvalue weighted by Crippen LogP contribution is 2.32. The summed E-state index contributed by atoms with van der Waals surface area (Å²) in [5, 5.41) is 11.8. The Morgan fingerprint density at radius 3 is 2.67 bits per heavy atom. The highest BCUT2D eigenvalue weighted by molar-refractivity contribution is 9.10. The first-order valence-electron chi connectivity index (χ1n) is 8.02. The van der Waals surface area contributed by atoms with Gasteiger partial charge in [0, 0.05) is 16.1 Å². The van der Waals surface area contributed by atoms with Gasteiger partial charge in [0.05, 0.1) is 5.75 Å². The van der Waals surface area contributed by atoms with E-state index in [9.17, 15) is 4.79 Å². The molecule has 3 rings (SSSR count). The number of nitrogen functional groups attached to an aromatic ring is 1. The van der Waals surface area contributed by atoms with Crippen LogP contribution < -0.4 is 11.2 Å². The van der Waals surface area contributed by atoms with E-state index in [1.54, 1.807) is 4.68 Å². The van der Waals surface area contributed by atoms with Crippen molar-refractivity contribution in [1.29, 1.82) is 0 Å². The molecular weight excluding hydrogens is 390 g/mol. The first-order chi connectivity index (χ1) is 11.6. The minimum atomic E-state index is -0.0930. The van der Waals surface area contributed by atoms with E-state index < -0.39 is 0 Å². The smallest absolute Gasteiger partial charge is 0.234 e. The van der Waals surface area contributed by atoms with Gasteiger partial charge in [-0.3, -0.25) is 4.79 Å². The van der Waals surface area contributed by atoms with Gasteiger partial charge in [0.15, 0.2) is 5.82 Å². The van der Waals surface area contributed by atoms with Crippen molar-refractivity contribution in [2.75, 3.05) is 16.9 Å². The number of benzene rings is 1. The number of carbonyl (C=O) groups is 1. The number of thioether (sulfide) groups is 1. The fourth-order valence-corrected chi connectivity index (χ4v) is 3.81. The predicted octanol–water partition coefficient (Wildman–Crippen LogP) is 3.53. The summed E-state index contributed by atoms with van der Waals surface area (Å²) >= 11 is 4.67. The van der Waals surface area contributed by atoms with E-state index in [2.05, 4.69) is 31.4 Å². The number of hydrogen-bond donors (Lipinski definition) is 2. The average molecular weight is 410 g/mol. The Balaban J connectivity index is 1.55. The number of amides is 1. The molecule has 1 heterocycles. The third-order valence-corrected chi connectivity index (χ3v) is 5.59. The first-order valence-corrected chi connectivity index (χ1v) is 9.80. The van der Waals surface area contributed by atoms with Crippen LogP contribution in [0.1, 0.15) is 43.8 Å². The van der Waals surface area contributed by atoms with Gasteiger partial charge in [-0.05, 0) is 37.1 Å². The van der Waals surface area contributed by atoms with Gasteiger partial charge in [-0.15, -0.1) is 10.2 Å². The lowest BCUT2D eigenvalue weighted by molar-refractivity contribution is -0.113. The summed E-state index contributed by atoms with van der Waals surface area (Å²) < 4.78 is 2.52. The zero-order valence-corrected chi connectivity index (χ0v) is 15.6. The van der Waals surface area contributed by atoms with Crippen LogP contribution in [0.5, 0.6) is 0 Å². The second-order valence-corrected chi connectivity index (χ2v) is 7.75. The van der Waals surface area contributed by atoms with Crippen LogP contribution in [0.15, 0.2) is 33.9 Å². The lowest BCUT2D eigenvalue weighted by Gasteiger charge is -2.20. The lowest BCUT2D eigenvalue weighted by atomic mass is 9.89. The van der Waals surface area contributed by atoms with Gasteiger partial charge in [0.2, 0.25) is 11.1 Å². The summed E-state index contributed by atoms with van der Waals surface area (Å²) in [5.74, 6) is 7.51. The van der Waals surface area contributed by atoms with Gasteiger partial charge in [-0.25, -0.2) is 4.68 Å². The number of rotatable bonds is 5. The molecule has 1 aromatic carbocycles. The molecule has 2 aromatic rings. The Morgan fingerprint density at radius 1 is 1.25 bits per heavy atom. The van der Waals surface area contributed by atoms with Gasteiger partial charge in [-0.1, -0.05) is 47.0 Å². The van der Waals surface area contributed by atoms with E-state index in [0.29, 0.717) is 11.1 Å². The minimum absolute atomic E-state index is 0.0930. The van der Waals surface area contributed by atoms with Crippen LogP contribution >= 0.6 is 27.7 Å². The van der Waals surface area contributed by atoms with E-state index in [0.717, 1.165) is 28.8 Å². The Labute approximate surface area is 153 Å². The fraction of sp³-hybridized carbons (Fsp3) is 0.438. The topological polar surface area (TPSA) is 85.8 Å². The maximum atomic E-state index is 12.0. The maximum Gasteiger partial charge on any atom is 0.234 e. The zero-order chi connectivity index (χ0) is 16.9. The number of halogens is 1. The average Bonchev–Trinajstić information content (AvgIpc) is 2.97. The van der Waals surface area contributed by atoms with Crippen LogP contribution in [-0.4, -0.2) is 26.5 Å². The van der Waals surface area contributed by atoms with Crippen molar-refractivity contribution >= 4 is 39.3 Å². The Bertz CT molecular complexity index is 697. The summed E-state index contributed by atoms with van der Waals surface area (Å²) in [6, 6.07) is 7.46. The second kappa shape index (κ2) is 8.02. The van der Waals surface area contributed by atoms with Crippen molar-refractivity contribution in [2.24, 2.45) is 0 Å². The maximum absolute atomic E-state index is 12.0. The minimum Gasteiger partial charge on any atom is -0.336 e. The third kappa shape index (κ3) is 4.30. The van der Waals surface area contributed by atoms with E-state index in [1.165, 1.54) is 31.0 Å². The molecule has 1 aliphatic rings. The summed E-state index contributed by atoms with van der Waals surface area (Å²) in [6.45, 7) is 0. The first kappa shape index (κ1) is 17.3. The number of nitrogens with two attached hydrogens (primary N) is 1. The number of nitrogens with zero attached hydrogens (tertiary/aromatic N) is 3. The van der Waals surface area contributed by atoms with Crippen LogP contribution in [0.3, 0.4) is 0 Å². The van der Waals surface area contributed by atoms with E-state index in [-0.39, 0.29) is 11.7 Å². The van der Waals surface area contributed by atoms with E-state index >= 15 is 0 Å². The quantitative estimate of drug-likeness (QED) is 0.582. The fourth-order valence-electron chi connectivity index (χ4n) is 2.89. The highest BCUT2D eigenvalue weighted by atomic mass is 79.9. The Morgan fingerprint density at radius 2 is 1.96 bits per heavy atom. The largest absolute Gasteiger partial charge is 0.336 e. The van der Waals surface area contributed by atoms with Crippen LogP contribution in [0.4, 0.5) is 5.69 Å². The van der Waals surface area contributed by atoms with Crippen LogP contribution in [0.25, 0.3) is 0 Å². The highest BCUT2D eigenvalue weighted by Gasteiger charge is 2.22. The molecule has 0 atom stereocenters. The second-order valence-electron chi connectivity index (χ2n) is 5.89. The van der Waals surface area contributed by atoms with E-state index in [4.69, 9.17) is 5.84 Å². The summed E-state index contributed by atoms with van der Waals surface area (Å²) in [5.41, 5.74) is 0.765. The van der Waals surface area contributed by atoms with Crippen LogP contribution in [-0.2, 0) is 4.79 Å². The lowest BCUT2D eigenvalue weighted by Crippen LogP contribution is -2.19. The molecule has 1 saturated carbocycles. The predicted molar refractivity (Wildman–Crippen MR) is 99.5 cm³/mol. The SMILES string of the molecule is Nn1c(SCC(=O)Nc2ccc(Br)cc2)nnc1C1CCCCC1. The summed E-state index contributed by atoms with van der Waals surface area (Å²) in [4.78, 5) is 12.0. The summed E-state index contributed by atoms with van der Waals surface area (Å²) in [6.07, 6.45) is 5.95. The Hall–Kier alpha value is -1.54. The number of anilines is 1. The molecule has 0 spiro atoms. The van der Waals surface area contributed by atoms with Crippen molar-refractivity contribution in [3.05, 3.63) is 34.6 Å². The Kier molecular flexibility index (Phi) is 5.78. The molecule has 1 fully saturated rings. The standard InChI is InChI=1S/C16H20BrN5OS/c17-12-6-8-13(9-7-12)19-14(23)10-24-16-21-20-15(22(16)18)11-4-2-1-3-5-11/h6-9,11H,1-5,10,18H2,(H,19,23). The van der Waals surface area contributed by atoms with Gasteiger partial charge >= 0.3 is 0 Å². The van der Waals surface area contributed by atoms with Gasteiger partial charge in [0.25, 0.3) is 0 Å². The third-order valence-electron chi connectivity index (χ3n) is 4.12. The molecule has 1 aliphatic carbocycles.